The number of pyridine rings is 2. The van der Waals surface area contributed by atoms with Crippen LogP contribution >= 0.6 is 22.9 Å². The summed E-state index contributed by atoms with van der Waals surface area (Å²) in [7, 11) is 0. The number of rotatable bonds is 4. The predicted octanol–water partition coefficient (Wildman–Crippen LogP) is 6.72. The van der Waals surface area contributed by atoms with Crippen LogP contribution in [0.25, 0.3) is 32.2 Å². The fraction of sp³-hybridized carbons (Fsp3) is 0.292. The molecular weight excluding hydrogens is 432 g/mol. The molecule has 7 heteroatoms. The highest BCUT2D eigenvalue weighted by molar-refractivity contribution is 7.18. The zero-order valence-electron chi connectivity index (χ0n) is 18.0. The monoisotopic (exact) mass is 454 g/mol. The molecule has 0 saturated carbocycles. The molecule has 4 aromatic rings. The lowest BCUT2D eigenvalue weighted by molar-refractivity contribution is -0.160. The standard InChI is InChI=1S/C24H23ClN2O3S/c1-12-11-16-19(15-8-9-17(25)14-7-6-10-26-20(14)15)18(13(2)27-22(16)31-12)21(23(28)29)30-24(3,4)5/h6-11,21H,1-5H3,(H,28,29)/t21-/m0/s1. The highest BCUT2D eigenvalue weighted by atomic mass is 35.5. The molecular formula is C24H23ClN2O3S. The second kappa shape index (κ2) is 7.86. The van der Waals surface area contributed by atoms with Gasteiger partial charge in [-0.05, 0) is 58.9 Å². The first kappa shape index (κ1) is 21.7. The van der Waals surface area contributed by atoms with E-state index in [4.69, 9.17) is 21.3 Å². The van der Waals surface area contributed by atoms with Gasteiger partial charge in [0.05, 0.1) is 16.1 Å². The van der Waals surface area contributed by atoms with Gasteiger partial charge in [-0.25, -0.2) is 9.78 Å². The van der Waals surface area contributed by atoms with Gasteiger partial charge in [-0.2, -0.15) is 0 Å². The summed E-state index contributed by atoms with van der Waals surface area (Å²) >= 11 is 8.02. The molecule has 0 aliphatic carbocycles. The molecule has 0 spiro atoms. The molecule has 0 aliphatic heterocycles. The van der Waals surface area contributed by atoms with Crippen molar-refractivity contribution in [2.45, 2.75) is 46.3 Å². The molecule has 0 fully saturated rings. The van der Waals surface area contributed by atoms with Crippen LogP contribution in [0.4, 0.5) is 0 Å². The number of carbonyl (C=O) groups is 1. The molecule has 0 bridgehead atoms. The first-order valence-corrected chi connectivity index (χ1v) is 11.1. The van der Waals surface area contributed by atoms with Gasteiger partial charge in [0.1, 0.15) is 4.83 Å². The van der Waals surface area contributed by atoms with Crippen molar-refractivity contribution in [3.63, 3.8) is 0 Å². The number of hydrogen-bond donors (Lipinski definition) is 1. The van der Waals surface area contributed by atoms with Gasteiger partial charge in [-0.15, -0.1) is 11.3 Å². The number of carboxylic acids is 1. The summed E-state index contributed by atoms with van der Waals surface area (Å²) in [6.45, 7) is 9.39. The molecule has 1 N–H and O–H groups in total. The Balaban J connectivity index is 2.15. The summed E-state index contributed by atoms with van der Waals surface area (Å²) in [6, 6.07) is 9.52. The van der Waals surface area contributed by atoms with Gasteiger partial charge in [-0.3, -0.25) is 4.98 Å². The van der Waals surface area contributed by atoms with Crippen LogP contribution < -0.4 is 0 Å². The van der Waals surface area contributed by atoms with E-state index in [0.717, 1.165) is 31.6 Å². The van der Waals surface area contributed by atoms with Crippen molar-refractivity contribution in [3.8, 4) is 11.1 Å². The van der Waals surface area contributed by atoms with Gasteiger partial charge in [-0.1, -0.05) is 17.7 Å². The van der Waals surface area contributed by atoms with Crippen molar-refractivity contribution < 1.29 is 14.6 Å². The molecule has 5 nitrogen and oxygen atoms in total. The summed E-state index contributed by atoms with van der Waals surface area (Å²) in [5.74, 6) is -1.06. The van der Waals surface area contributed by atoms with Crippen molar-refractivity contribution in [1.29, 1.82) is 0 Å². The molecule has 0 unspecified atom stereocenters. The number of thiophene rings is 1. The van der Waals surface area contributed by atoms with E-state index in [9.17, 15) is 9.90 Å². The first-order chi connectivity index (χ1) is 14.6. The molecule has 1 aromatic carbocycles. The Hall–Kier alpha value is -2.54. The molecule has 4 rings (SSSR count). The van der Waals surface area contributed by atoms with Crippen LogP contribution in [-0.4, -0.2) is 26.6 Å². The van der Waals surface area contributed by atoms with Crippen molar-refractivity contribution in [2.75, 3.05) is 0 Å². The van der Waals surface area contributed by atoms with E-state index >= 15 is 0 Å². The van der Waals surface area contributed by atoms with E-state index < -0.39 is 17.7 Å². The summed E-state index contributed by atoms with van der Waals surface area (Å²) < 4.78 is 6.04. The molecule has 0 radical (unpaired) electrons. The Morgan fingerprint density at radius 2 is 1.94 bits per heavy atom. The fourth-order valence-corrected chi connectivity index (χ4v) is 4.99. The maximum atomic E-state index is 12.4. The molecule has 160 valence electrons. The van der Waals surface area contributed by atoms with Crippen LogP contribution in [0.5, 0.6) is 0 Å². The fourth-order valence-electron chi connectivity index (χ4n) is 3.84. The van der Waals surface area contributed by atoms with Crippen molar-refractivity contribution in [3.05, 3.63) is 57.7 Å². The smallest absolute Gasteiger partial charge is 0.337 e. The minimum Gasteiger partial charge on any atom is -0.479 e. The van der Waals surface area contributed by atoms with Crippen LogP contribution in [0.15, 0.2) is 36.5 Å². The summed E-state index contributed by atoms with van der Waals surface area (Å²) in [6.07, 6.45) is 0.535. The lowest BCUT2D eigenvalue weighted by atomic mass is 9.91. The SMILES string of the molecule is Cc1cc2c(-c3ccc(Cl)c4cccnc34)c([C@H](OC(C)(C)C)C(=O)O)c(C)nc2s1. The van der Waals surface area contributed by atoms with Crippen LogP contribution in [0.2, 0.25) is 5.02 Å². The Morgan fingerprint density at radius 3 is 2.61 bits per heavy atom. The summed E-state index contributed by atoms with van der Waals surface area (Å²) in [5, 5.41) is 12.4. The summed E-state index contributed by atoms with van der Waals surface area (Å²) in [5.41, 5.74) is 2.82. The lowest BCUT2D eigenvalue weighted by Gasteiger charge is -2.28. The van der Waals surface area contributed by atoms with Gasteiger partial charge in [0.2, 0.25) is 0 Å². The number of fused-ring (bicyclic) bond motifs is 2. The number of ether oxygens (including phenoxy) is 1. The van der Waals surface area contributed by atoms with Crippen LogP contribution in [0.3, 0.4) is 0 Å². The first-order valence-electron chi connectivity index (χ1n) is 9.91. The number of hydrogen-bond acceptors (Lipinski definition) is 5. The highest BCUT2D eigenvalue weighted by Gasteiger charge is 2.33. The third-order valence-electron chi connectivity index (χ3n) is 4.98. The lowest BCUT2D eigenvalue weighted by Crippen LogP contribution is -2.28. The minimum absolute atomic E-state index is 0.544. The second-order valence-electron chi connectivity index (χ2n) is 8.50. The second-order valence-corrected chi connectivity index (χ2v) is 10.1. The maximum Gasteiger partial charge on any atom is 0.337 e. The predicted molar refractivity (Wildman–Crippen MR) is 126 cm³/mol. The molecule has 3 heterocycles. The number of carboxylic acid groups (broad SMARTS) is 1. The van der Waals surface area contributed by atoms with E-state index in [-0.39, 0.29) is 0 Å². The van der Waals surface area contributed by atoms with Crippen molar-refractivity contribution in [2.24, 2.45) is 0 Å². The maximum absolute atomic E-state index is 12.4. The quantitative estimate of drug-likeness (QED) is 0.370. The van der Waals surface area contributed by atoms with E-state index in [2.05, 4.69) is 4.98 Å². The van der Waals surface area contributed by atoms with Crippen molar-refractivity contribution in [1.82, 2.24) is 9.97 Å². The van der Waals surface area contributed by atoms with Gasteiger partial charge < -0.3 is 9.84 Å². The van der Waals surface area contributed by atoms with Crippen LogP contribution in [-0.2, 0) is 9.53 Å². The number of nitrogens with zero attached hydrogens (tertiary/aromatic N) is 2. The van der Waals surface area contributed by atoms with E-state index in [0.29, 0.717) is 21.8 Å². The van der Waals surface area contributed by atoms with E-state index in [1.807, 2.05) is 65.0 Å². The number of aliphatic carboxylic acids is 1. The van der Waals surface area contributed by atoms with E-state index in [1.165, 1.54) is 0 Å². The number of aryl methyl sites for hydroxylation is 2. The zero-order chi connectivity index (χ0) is 22.5. The largest absolute Gasteiger partial charge is 0.479 e. The van der Waals surface area contributed by atoms with Gasteiger partial charge in [0, 0.05) is 44.2 Å². The number of benzene rings is 1. The Bertz CT molecular complexity index is 1320. The Morgan fingerprint density at radius 1 is 1.19 bits per heavy atom. The highest BCUT2D eigenvalue weighted by Crippen LogP contribution is 2.44. The van der Waals surface area contributed by atoms with E-state index in [1.54, 1.807) is 17.5 Å². The molecule has 0 aliphatic rings. The minimum atomic E-state index is -1.18. The molecule has 1 atom stereocenters. The van der Waals surface area contributed by atoms with Crippen LogP contribution in [0.1, 0.15) is 43.0 Å². The average molecular weight is 455 g/mol. The Labute approximate surface area is 189 Å². The van der Waals surface area contributed by atoms with Gasteiger partial charge in [0.15, 0.2) is 6.10 Å². The van der Waals surface area contributed by atoms with Gasteiger partial charge >= 0.3 is 5.97 Å². The Kier molecular flexibility index (Phi) is 5.50. The third-order valence-corrected chi connectivity index (χ3v) is 6.25. The number of aromatic nitrogens is 2. The molecule has 0 saturated heterocycles. The third kappa shape index (κ3) is 4.03. The van der Waals surface area contributed by atoms with Crippen molar-refractivity contribution >= 4 is 50.0 Å². The molecule has 3 aromatic heterocycles. The van der Waals surface area contributed by atoms with Crippen LogP contribution in [0, 0.1) is 13.8 Å². The average Bonchev–Trinajstić information content (AvgIpc) is 3.05. The van der Waals surface area contributed by atoms with Gasteiger partial charge in [0.25, 0.3) is 0 Å². The zero-order valence-corrected chi connectivity index (χ0v) is 19.6. The number of halogens is 1. The normalized spacial score (nSPS) is 13.1. The topological polar surface area (TPSA) is 72.3 Å². The molecule has 31 heavy (non-hydrogen) atoms. The summed E-state index contributed by atoms with van der Waals surface area (Å²) in [4.78, 5) is 23.7. The molecule has 0 amide bonds.